The molecule has 0 radical (unpaired) electrons. The Labute approximate surface area is 120 Å². The molecule has 1 amide bonds. The molecule has 0 bridgehead atoms. The molecule has 1 aromatic carbocycles. The number of rotatable bonds is 3. The number of hydrogen-bond acceptors (Lipinski definition) is 3. The molecule has 1 unspecified atom stereocenters. The van der Waals surface area contributed by atoms with Gasteiger partial charge >= 0.3 is 0 Å². The minimum atomic E-state index is 0.148. The van der Waals surface area contributed by atoms with Crippen molar-refractivity contribution in [2.45, 2.75) is 25.3 Å². The molecule has 4 nitrogen and oxygen atoms in total. The van der Waals surface area contributed by atoms with Crippen LogP contribution in [-0.4, -0.2) is 55.0 Å². The molecule has 0 spiro atoms. The predicted octanol–water partition coefficient (Wildman–Crippen LogP) is 2.01. The lowest BCUT2D eigenvalue weighted by molar-refractivity contribution is 0.0780. The average molecular weight is 274 g/mol. The van der Waals surface area contributed by atoms with Crippen LogP contribution in [0.15, 0.2) is 24.3 Å². The number of hydrogen-bond donors (Lipinski definition) is 0. The van der Waals surface area contributed by atoms with Gasteiger partial charge in [-0.3, -0.25) is 9.69 Å². The summed E-state index contributed by atoms with van der Waals surface area (Å²) in [6, 6.07) is 7.97. The number of methoxy groups -OCH3 is 1. The number of likely N-dealkylation sites (tertiary alicyclic amines) is 2. The van der Waals surface area contributed by atoms with E-state index in [1.807, 2.05) is 29.2 Å². The largest absolute Gasteiger partial charge is 0.497 e. The third-order valence-corrected chi connectivity index (χ3v) is 4.44. The molecule has 2 aliphatic heterocycles. The second kappa shape index (κ2) is 5.83. The number of amides is 1. The molecular weight excluding hydrogens is 252 g/mol. The van der Waals surface area contributed by atoms with Gasteiger partial charge in [-0.25, -0.2) is 0 Å². The van der Waals surface area contributed by atoms with Crippen LogP contribution in [0.25, 0.3) is 0 Å². The third-order valence-electron chi connectivity index (χ3n) is 4.44. The zero-order valence-corrected chi connectivity index (χ0v) is 12.0. The minimum Gasteiger partial charge on any atom is -0.497 e. The fraction of sp³-hybridized carbons (Fsp3) is 0.562. The van der Waals surface area contributed by atoms with E-state index in [1.165, 1.54) is 25.9 Å². The number of ether oxygens (including phenoxy) is 1. The van der Waals surface area contributed by atoms with Gasteiger partial charge in [-0.05, 0) is 56.6 Å². The number of nitrogens with zero attached hydrogens (tertiary/aromatic N) is 2. The highest BCUT2D eigenvalue weighted by atomic mass is 16.5. The zero-order valence-electron chi connectivity index (χ0n) is 12.0. The Balaban J connectivity index is 1.62. The Morgan fingerprint density at radius 3 is 2.50 bits per heavy atom. The SMILES string of the molecule is COc1ccc(C(=O)N2CCC(N3CCCC3)C2)cc1. The van der Waals surface area contributed by atoms with E-state index in [0.717, 1.165) is 30.8 Å². The molecule has 2 saturated heterocycles. The van der Waals surface area contributed by atoms with E-state index in [-0.39, 0.29) is 5.91 Å². The maximum Gasteiger partial charge on any atom is 0.253 e. The van der Waals surface area contributed by atoms with Crippen LogP contribution < -0.4 is 4.74 Å². The van der Waals surface area contributed by atoms with Crippen molar-refractivity contribution in [1.82, 2.24) is 9.80 Å². The molecule has 4 heteroatoms. The zero-order chi connectivity index (χ0) is 13.9. The standard InChI is InChI=1S/C16H22N2O2/c1-20-15-6-4-13(5-7-15)16(19)18-11-8-14(12-18)17-9-2-3-10-17/h4-7,14H,2-3,8-12H2,1H3. The van der Waals surface area contributed by atoms with Crippen LogP contribution in [0.1, 0.15) is 29.6 Å². The van der Waals surface area contributed by atoms with E-state index in [0.29, 0.717) is 6.04 Å². The fourth-order valence-electron chi connectivity index (χ4n) is 3.25. The summed E-state index contributed by atoms with van der Waals surface area (Å²) >= 11 is 0. The van der Waals surface area contributed by atoms with Crippen molar-refractivity contribution in [3.63, 3.8) is 0 Å². The summed E-state index contributed by atoms with van der Waals surface area (Å²) in [5, 5.41) is 0. The highest BCUT2D eigenvalue weighted by Crippen LogP contribution is 2.22. The molecule has 0 aliphatic carbocycles. The normalized spacial score (nSPS) is 23.2. The van der Waals surface area contributed by atoms with Gasteiger partial charge in [0, 0.05) is 24.7 Å². The molecule has 2 heterocycles. The third kappa shape index (κ3) is 2.66. The summed E-state index contributed by atoms with van der Waals surface area (Å²) in [5.74, 6) is 0.937. The lowest BCUT2D eigenvalue weighted by atomic mass is 10.2. The molecule has 1 atom stereocenters. The molecule has 1 aromatic rings. The Kier molecular flexibility index (Phi) is 3.92. The van der Waals surface area contributed by atoms with Crippen molar-refractivity contribution in [3.8, 4) is 5.75 Å². The van der Waals surface area contributed by atoms with Gasteiger partial charge < -0.3 is 9.64 Å². The smallest absolute Gasteiger partial charge is 0.253 e. The highest BCUT2D eigenvalue weighted by molar-refractivity contribution is 5.94. The van der Waals surface area contributed by atoms with Crippen molar-refractivity contribution in [2.75, 3.05) is 33.3 Å². The van der Waals surface area contributed by atoms with Crippen LogP contribution >= 0.6 is 0 Å². The fourth-order valence-corrected chi connectivity index (χ4v) is 3.25. The topological polar surface area (TPSA) is 32.8 Å². The van der Waals surface area contributed by atoms with Gasteiger partial charge in [0.05, 0.1) is 7.11 Å². The van der Waals surface area contributed by atoms with Crippen molar-refractivity contribution in [3.05, 3.63) is 29.8 Å². The number of carbonyl (C=O) groups is 1. The van der Waals surface area contributed by atoms with Crippen LogP contribution in [0.4, 0.5) is 0 Å². The van der Waals surface area contributed by atoms with Crippen molar-refractivity contribution >= 4 is 5.91 Å². The maximum atomic E-state index is 12.5. The first-order valence-electron chi connectivity index (χ1n) is 7.45. The Morgan fingerprint density at radius 2 is 1.85 bits per heavy atom. The van der Waals surface area contributed by atoms with E-state index in [1.54, 1.807) is 7.11 Å². The molecule has 20 heavy (non-hydrogen) atoms. The molecular formula is C16H22N2O2. The second-order valence-corrected chi connectivity index (χ2v) is 5.67. The van der Waals surface area contributed by atoms with Gasteiger partial charge in [0.25, 0.3) is 5.91 Å². The summed E-state index contributed by atoms with van der Waals surface area (Å²) in [6.07, 6.45) is 3.73. The Hall–Kier alpha value is -1.55. The van der Waals surface area contributed by atoms with Gasteiger partial charge in [0.15, 0.2) is 0 Å². The van der Waals surface area contributed by atoms with E-state index in [2.05, 4.69) is 4.90 Å². The summed E-state index contributed by atoms with van der Waals surface area (Å²) in [4.78, 5) is 17.0. The molecule has 0 saturated carbocycles. The maximum absolute atomic E-state index is 12.5. The first-order chi connectivity index (χ1) is 9.78. The molecule has 3 rings (SSSR count). The molecule has 0 aromatic heterocycles. The molecule has 2 aliphatic rings. The van der Waals surface area contributed by atoms with E-state index >= 15 is 0 Å². The van der Waals surface area contributed by atoms with Gasteiger partial charge in [-0.15, -0.1) is 0 Å². The predicted molar refractivity (Wildman–Crippen MR) is 78.1 cm³/mol. The summed E-state index contributed by atoms with van der Waals surface area (Å²) in [7, 11) is 1.64. The van der Waals surface area contributed by atoms with Gasteiger partial charge in [0.2, 0.25) is 0 Å². The van der Waals surface area contributed by atoms with Gasteiger partial charge in [-0.1, -0.05) is 0 Å². The number of carbonyl (C=O) groups excluding carboxylic acids is 1. The van der Waals surface area contributed by atoms with E-state index in [9.17, 15) is 4.79 Å². The number of benzene rings is 1. The second-order valence-electron chi connectivity index (χ2n) is 5.67. The van der Waals surface area contributed by atoms with Crippen molar-refractivity contribution < 1.29 is 9.53 Å². The summed E-state index contributed by atoms with van der Waals surface area (Å²) in [5.41, 5.74) is 0.757. The lowest BCUT2D eigenvalue weighted by Gasteiger charge is -2.23. The van der Waals surface area contributed by atoms with E-state index < -0.39 is 0 Å². The van der Waals surface area contributed by atoms with Crippen LogP contribution in [0.3, 0.4) is 0 Å². The lowest BCUT2D eigenvalue weighted by Crippen LogP contribution is -2.37. The first kappa shape index (κ1) is 13.4. The molecule has 2 fully saturated rings. The van der Waals surface area contributed by atoms with Gasteiger partial charge in [-0.2, -0.15) is 0 Å². The van der Waals surface area contributed by atoms with Crippen molar-refractivity contribution in [1.29, 1.82) is 0 Å². The Morgan fingerprint density at radius 1 is 1.15 bits per heavy atom. The van der Waals surface area contributed by atoms with Crippen LogP contribution in [0.5, 0.6) is 5.75 Å². The monoisotopic (exact) mass is 274 g/mol. The summed E-state index contributed by atoms with van der Waals surface area (Å²) < 4.78 is 5.13. The Bertz CT molecular complexity index is 466. The van der Waals surface area contributed by atoms with Crippen LogP contribution in [0.2, 0.25) is 0 Å². The molecule has 108 valence electrons. The minimum absolute atomic E-state index is 0.148. The highest BCUT2D eigenvalue weighted by Gasteiger charge is 2.31. The van der Waals surface area contributed by atoms with E-state index in [4.69, 9.17) is 4.74 Å². The van der Waals surface area contributed by atoms with Crippen LogP contribution in [-0.2, 0) is 0 Å². The molecule has 0 N–H and O–H groups in total. The van der Waals surface area contributed by atoms with Gasteiger partial charge in [0.1, 0.15) is 5.75 Å². The quantitative estimate of drug-likeness (QED) is 0.845. The average Bonchev–Trinajstić information content (AvgIpc) is 3.17. The van der Waals surface area contributed by atoms with Crippen LogP contribution in [0, 0.1) is 0 Å². The van der Waals surface area contributed by atoms with Crippen molar-refractivity contribution in [2.24, 2.45) is 0 Å². The first-order valence-corrected chi connectivity index (χ1v) is 7.45. The summed E-state index contributed by atoms with van der Waals surface area (Å²) in [6.45, 7) is 4.17.